The van der Waals surface area contributed by atoms with Crippen LogP contribution < -0.4 is 5.32 Å². The van der Waals surface area contributed by atoms with Gasteiger partial charge < -0.3 is 9.84 Å². The summed E-state index contributed by atoms with van der Waals surface area (Å²) in [6.07, 6.45) is 1.49. The minimum atomic E-state index is -0.0730. The highest BCUT2D eigenvalue weighted by Gasteiger charge is 2.26. The van der Waals surface area contributed by atoms with Crippen LogP contribution in [0.2, 0.25) is 10.0 Å². The number of aromatic nitrogens is 2. The molecule has 3 aromatic rings. The second kappa shape index (κ2) is 9.47. The number of nitrogens with one attached hydrogen (secondary N) is 1. The molecule has 0 aliphatic carbocycles. The molecule has 1 N–H and O–H groups in total. The van der Waals surface area contributed by atoms with Crippen LogP contribution in [0, 0.1) is 5.92 Å². The number of hydrogen-bond acceptors (Lipinski definition) is 5. The second-order valence-electron chi connectivity index (χ2n) is 7.19. The minimum absolute atomic E-state index is 0.0338. The van der Waals surface area contributed by atoms with Gasteiger partial charge in [0.15, 0.2) is 0 Å². The molecule has 9 heteroatoms. The molecule has 0 unspecified atom stereocenters. The minimum Gasteiger partial charge on any atom is -0.338 e. The predicted octanol–water partition coefficient (Wildman–Crippen LogP) is 5.66. The first-order valence-electron chi connectivity index (χ1n) is 9.55. The zero-order valence-electron chi connectivity index (χ0n) is 15.9. The van der Waals surface area contributed by atoms with Gasteiger partial charge in [0.1, 0.15) is 0 Å². The second-order valence-corrected chi connectivity index (χ2v) is 8.95. The fourth-order valence-corrected chi connectivity index (χ4v) is 4.17. The summed E-state index contributed by atoms with van der Waals surface area (Å²) in [5.74, 6) is 1.03. The molecule has 0 radical (unpaired) electrons. The molecule has 1 fully saturated rings. The Morgan fingerprint density at radius 3 is 2.77 bits per heavy atom. The van der Waals surface area contributed by atoms with E-state index in [1.807, 2.05) is 24.3 Å². The van der Waals surface area contributed by atoms with Gasteiger partial charge in [0, 0.05) is 21.0 Å². The van der Waals surface area contributed by atoms with Crippen LogP contribution in [0.25, 0.3) is 11.4 Å². The summed E-state index contributed by atoms with van der Waals surface area (Å²) >= 11 is 15.6. The molecular formula is C21H19BrCl2N4O2. The van der Waals surface area contributed by atoms with Gasteiger partial charge in [-0.05, 0) is 56.3 Å². The van der Waals surface area contributed by atoms with Crippen LogP contribution >= 0.6 is 39.1 Å². The first-order chi connectivity index (χ1) is 14.5. The maximum Gasteiger partial charge on any atom is 0.241 e. The Bertz CT molecular complexity index is 1050. The van der Waals surface area contributed by atoms with Crippen LogP contribution in [0.4, 0.5) is 5.69 Å². The summed E-state index contributed by atoms with van der Waals surface area (Å²) in [5.41, 5.74) is 1.44. The Morgan fingerprint density at radius 1 is 1.20 bits per heavy atom. The highest BCUT2D eigenvalue weighted by atomic mass is 79.9. The quantitative estimate of drug-likeness (QED) is 0.480. The van der Waals surface area contributed by atoms with Gasteiger partial charge in [-0.3, -0.25) is 9.69 Å². The molecule has 6 nitrogen and oxygen atoms in total. The van der Waals surface area contributed by atoms with E-state index < -0.39 is 0 Å². The molecule has 1 aliphatic rings. The van der Waals surface area contributed by atoms with Crippen molar-refractivity contribution in [2.75, 3.05) is 18.4 Å². The third-order valence-corrected chi connectivity index (χ3v) is 6.11. The molecule has 30 heavy (non-hydrogen) atoms. The van der Waals surface area contributed by atoms with Crippen LogP contribution in [0.5, 0.6) is 0 Å². The first-order valence-corrected chi connectivity index (χ1v) is 11.1. The van der Waals surface area contributed by atoms with Gasteiger partial charge in [-0.2, -0.15) is 4.98 Å². The van der Waals surface area contributed by atoms with Crippen LogP contribution in [0.15, 0.2) is 51.5 Å². The third kappa shape index (κ3) is 5.21. The van der Waals surface area contributed by atoms with E-state index in [0.717, 1.165) is 36.0 Å². The molecule has 0 atom stereocenters. The lowest BCUT2D eigenvalue weighted by molar-refractivity contribution is -0.121. The van der Waals surface area contributed by atoms with Crippen molar-refractivity contribution >= 4 is 50.7 Å². The number of likely N-dealkylation sites (tertiary alicyclic amines) is 1. The van der Waals surface area contributed by atoms with Gasteiger partial charge >= 0.3 is 0 Å². The van der Waals surface area contributed by atoms with Crippen molar-refractivity contribution in [3.63, 3.8) is 0 Å². The lowest BCUT2D eigenvalue weighted by atomic mass is 9.96. The Labute approximate surface area is 192 Å². The molecule has 156 valence electrons. The number of nitrogens with zero attached hydrogens (tertiary/aromatic N) is 3. The topological polar surface area (TPSA) is 71.3 Å². The number of halogens is 3. The van der Waals surface area contributed by atoms with Gasteiger partial charge in [-0.25, -0.2) is 0 Å². The van der Waals surface area contributed by atoms with E-state index in [9.17, 15) is 4.79 Å². The largest absolute Gasteiger partial charge is 0.338 e. The van der Waals surface area contributed by atoms with E-state index in [-0.39, 0.29) is 11.8 Å². The highest BCUT2D eigenvalue weighted by molar-refractivity contribution is 9.10. The average Bonchev–Trinajstić information content (AvgIpc) is 3.20. The van der Waals surface area contributed by atoms with Crippen molar-refractivity contribution in [1.29, 1.82) is 0 Å². The average molecular weight is 510 g/mol. The number of rotatable bonds is 5. The zero-order valence-corrected chi connectivity index (χ0v) is 19.0. The van der Waals surface area contributed by atoms with Crippen molar-refractivity contribution in [2.24, 2.45) is 5.92 Å². The molecule has 1 amide bonds. The Kier molecular flexibility index (Phi) is 6.73. The standard InChI is InChI=1S/C21H19BrCl2N4O2/c22-15-3-1-2-14(10-15)20-26-19(30-27-20)12-28-8-6-13(7-9-28)21(29)25-18-11-16(23)4-5-17(18)24/h1-5,10-11,13H,6-9,12H2,(H,25,29). The van der Waals surface area contributed by atoms with Crippen molar-refractivity contribution in [2.45, 2.75) is 19.4 Å². The van der Waals surface area contributed by atoms with E-state index in [0.29, 0.717) is 34.0 Å². The predicted molar refractivity (Wildman–Crippen MR) is 121 cm³/mol. The van der Waals surface area contributed by atoms with Crippen LogP contribution in [0.1, 0.15) is 18.7 Å². The molecule has 2 aromatic carbocycles. The summed E-state index contributed by atoms with van der Waals surface area (Å²) in [4.78, 5) is 19.3. The van der Waals surface area contributed by atoms with Crippen LogP contribution in [0.3, 0.4) is 0 Å². The molecular weight excluding hydrogens is 491 g/mol. The molecule has 0 saturated carbocycles. The lowest BCUT2D eigenvalue weighted by Crippen LogP contribution is -2.37. The Balaban J connectivity index is 1.31. The number of carbonyl (C=O) groups is 1. The Hall–Kier alpha value is -1.93. The summed E-state index contributed by atoms with van der Waals surface area (Å²) < 4.78 is 6.38. The SMILES string of the molecule is O=C(Nc1cc(Cl)ccc1Cl)C1CCN(Cc2nc(-c3cccc(Br)c3)no2)CC1. The lowest BCUT2D eigenvalue weighted by Gasteiger charge is -2.30. The zero-order chi connectivity index (χ0) is 21.1. The van der Waals surface area contributed by atoms with Crippen molar-refractivity contribution in [1.82, 2.24) is 15.0 Å². The van der Waals surface area contributed by atoms with Gasteiger partial charge in [-0.1, -0.05) is 56.4 Å². The third-order valence-electron chi connectivity index (χ3n) is 5.05. The van der Waals surface area contributed by atoms with Crippen molar-refractivity contribution in [3.8, 4) is 11.4 Å². The fourth-order valence-electron chi connectivity index (χ4n) is 3.44. The normalized spacial score (nSPS) is 15.3. The molecule has 0 bridgehead atoms. The summed E-state index contributed by atoms with van der Waals surface area (Å²) in [6, 6.07) is 12.8. The summed E-state index contributed by atoms with van der Waals surface area (Å²) in [6.45, 7) is 2.11. The van der Waals surface area contributed by atoms with Gasteiger partial charge in [0.2, 0.25) is 17.6 Å². The molecule has 2 heterocycles. The van der Waals surface area contributed by atoms with Crippen LogP contribution in [-0.4, -0.2) is 34.0 Å². The number of carbonyl (C=O) groups excluding carboxylic acids is 1. The van der Waals surface area contributed by atoms with Gasteiger partial charge in [0.05, 0.1) is 17.3 Å². The number of benzene rings is 2. The van der Waals surface area contributed by atoms with E-state index in [1.165, 1.54) is 0 Å². The number of amides is 1. The fraction of sp³-hybridized carbons (Fsp3) is 0.286. The van der Waals surface area contributed by atoms with E-state index >= 15 is 0 Å². The first kappa shape index (κ1) is 21.3. The Morgan fingerprint density at radius 2 is 2.00 bits per heavy atom. The van der Waals surface area contributed by atoms with E-state index in [1.54, 1.807) is 18.2 Å². The molecule has 0 spiro atoms. The summed E-state index contributed by atoms with van der Waals surface area (Å²) in [5, 5.41) is 7.98. The van der Waals surface area contributed by atoms with Gasteiger partial charge in [0.25, 0.3) is 0 Å². The summed E-state index contributed by atoms with van der Waals surface area (Å²) in [7, 11) is 0. The number of piperidine rings is 1. The van der Waals surface area contributed by atoms with Gasteiger partial charge in [-0.15, -0.1) is 0 Å². The smallest absolute Gasteiger partial charge is 0.241 e. The van der Waals surface area contributed by atoms with Crippen LogP contribution in [-0.2, 0) is 11.3 Å². The maximum atomic E-state index is 12.6. The maximum absolute atomic E-state index is 12.6. The monoisotopic (exact) mass is 508 g/mol. The number of anilines is 1. The highest BCUT2D eigenvalue weighted by Crippen LogP contribution is 2.28. The molecule has 1 saturated heterocycles. The number of hydrogen-bond donors (Lipinski definition) is 1. The molecule has 1 aromatic heterocycles. The van der Waals surface area contributed by atoms with E-state index in [2.05, 4.69) is 36.3 Å². The molecule has 1 aliphatic heterocycles. The van der Waals surface area contributed by atoms with E-state index in [4.69, 9.17) is 27.7 Å². The van der Waals surface area contributed by atoms with Crippen molar-refractivity contribution < 1.29 is 9.32 Å². The molecule has 4 rings (SSSR count). The van der Waals surface area contributed by atoms with Crippen molar-refractivity contribution in [3.05, 3.63) is 62.9 Å².